The molecule has 3 amide bonds. The summed E-state index contributed by atoms with van der Waals surface area (Å²) < 4.78 is 21.1. The number of fused-ring (bicyclic) bond motifs is 1. The summed E-state index contributed by atoms with van der Waals surface area (Å²) >= 11 is 0. The van der Waals surface area contributed by atoms with Crippen molar-refractivity contribution in [1.82, 2.24) is 15.5 Å². The van der Waals surface area contributed by atoms with Crippen molar-refractivity contribution in [3.8, 4) is 0 Å². The summed E-state index contributed by atoms with van der Waals surface area (Å²) in [6.45, 7) is 1.62. The second-order valence-corrected chi connectivity index (χ2v) is 9.55. The smallest absolute Gasteiger partial charge is 0.255 e. The number of hydrogen-bond acceptors (Lipinski definition) is 5. The number of carbonyl (C=O) groups excluding carboxylic acids is 3. The molecule has 5 rings (SSSR count). The van der Waals surface area contributed by atoms with Crippen LogP contribution in [-0.4, -0.2) is 54.0 Å². The van der Waals surface area contributed by atoms with Crippen molar-refractivity contribution in [1.29, 1.82) is 0 Å². The van der Waals surface area contributed by atoms with Gasteiger partial charge in [-0.1, -0.05) is 18.9 Å². The Hall–Kier alpha value is -2.32. The van der Waals surface area contributed by atoms with Gasteiger partial charge in [0.2, 0.25) is 11.8 Å². The van der Waals surface area contributed by atoms with Crippen molar-refractivity contribution in [2.75, 3.05) is 13.2 Å². The topological polar surface area (TPSA) is 87.7 Å². The number of nitrogens with zero attached hydrogens (tertiary/aromatic N) is 1. The number of benzene rings is 1. The number of piperidine rings is 1. The Morgan fingerprint density at radius 1 is 1.12 bits per heavy atom. The standard InChI is InChI=1S/C24H30FN3O4/c25-22-15(11-14-3-1-2-4-19(14)26-16-9-10-32-13-16)5-6-17-18(22)12-28(24(17)31)20-7-8-21(29)27-23(20)30/h5-6,14,16,19-20,26H,1-4,7-13H2,(H,27,29,30)/t14-,16?,19+,20?/m1/s1. The predicted octanol–water partition coefficient (Wildman–Crippen LogP) is 2.07. The van der Waals surface area contributed by atoms with Gasteiger partial charge in [0.15, 0.2) is 0 Å². The maximum absolute atomic E-state index is 15.6. The lowest BCUT2D eigenvalue weighted by Crippen LogP contribution is -2.52. The zero-order valence-corrected chi connectivity index (χ0v) is 18.2. The minimum Gasteiger partial charge on any atom is -0.380 e. The van der Waals surface area contributed by atoms with E-state index < -0.39 is 11.9 Å². The number of halogens is 1. The van der Waals surface area contributed by atoms with Crippen LogP contribution in [0.3, 0.4) is 0 Å². The number of amides is 3. The molecule has 0 spiro atoms. The van der Waals surface area contributed by atoms with E-state index in [4.69, 9.17) is 4.74 Å². The van der Waals surface area contributed by atoms with Gasteiger partial charge in [-0.25, -0.2) is 4.39 Å². The first-order valence-electron chi connectivity index (χ1n) is 11.8. The fourth-order valence-corrected chi connectivity index (χ4v) is 5.73. The molecule has 4 aliphatic rings. The molecule has 1 saturated carbocycles. The van der Waals surface area contributed by atoms with E-state index in [1.54, 1.807) is 12.1 Å². The molecule has 172 valence electrons. The van der Waals surface area contributed by atoms with Gasteiger partial charge in [-0.15, -0.1) is 0 Å². The first-order valence-corrected chi connectivity index (χ1v) is 11.8. The summed E-state index contributed by atoms with van der Waals surface area (Å²) in [6, 6.07) is 3.45. The molecule has 3 aliphatic heterocycles. The van der Waals surface area contributed by atoms with Crippen LogP contribution in [0.1, 0.15) is 66.4 Å². The highest BCUT2D eigenvalue weighted by Crippen LogP contribution is 2.34. The minimum absolute atomic E-state index is 0.0753. The van der Waals surface area contributed by atoms with Gasteiger partial charge < -0.3 is 15.0 Å². The largest absolute Gasteiger partial charge is 0.380 e. The Balaban J connectivity index is 1.32. The first-order chi connectivity index (χ1) is 15.5. The van der Waals surface area contributed by atoms with E-state index in [2.05, 4.69) is 10.6 Å². The van der Waals surface area contributed by atoms with Crippen molar-refractivity contribution in [2.45, 2.75) is 76.0 Å². The lowest BCUT2D eigenvalue weighted by Gasteiger charge is -2.34. The van der Waals surface area contributed by atoms with E-state index >= 15 is 4.39 Å². The molecule has 7 nitrogen and oxygen atoms in total. The van der Waals surface area contributed by atoms with Gasteiger partial charge in [0.05, 0.1) is 13.2 Å². The monoisotopic (exact) mass is 443 g/mol. The van der Waals surface area contributed by atoms with Crippen LogP contribution >= 0.6 is 0 Å². The van der Waals surface area contributed by atoms with Gasteiger partial charge in [0.25, 0.3) is 5.91 Å². The summed E-state index contributed by atoms with van der Waals surface area (Å²) in [7, 11) is 0. The summed E-state index contributed by atoms with van der Waals surface area (Å²) in [4.78, 5) is 38.0. The quantitative estimate of drug-likeness (QED) is 0.681. The van der Waals surface area contributed by atoms with Gasteiger partial charge in [-0.2, -0.15) is 0 Å². The van der Waals surface area contributed by atoms with Crippen LogP contribution in [-0.2, 0) is 27.3 Å². The van der Waals surface area contributed by atoms with Crippen LogP contribution in [0.2, 0.25) is 0 Å². The predicted molar refractivity (Wildman–Crippen MR) is 114 cm³/mol. The van der Waals surface area contributed by atoms with Crippen molar-refractivity contribution < 1.29 is 23.5 Å². The lowest BCUT2D eigenvalue weighted by atomic mass is 9.80. The number of carbonyl (C=O) groups is 3. The third kappa shape index (κ3) is 4.06. The van der Waals surface area contributed by atoms with Gasteiger partial charge in [0, 0.05) is 36.2 Å². The fourth-order valence-electron chi connectivity index (χ4n) is 5.73. The molecule has 2 unspecified atom stereocenters. The molecule has 0 aromatic heterocycles. The summed E-state index contributed by atoms with van der Waals surface area (Å²) in [6.07, 6.45) is 6.61. The van der Waals surface area contributed by atoms with Crippen LogP contribution in [0.15, 0.2) is 12.1 Å². The number of rotatable bonds is 5. The molecule has 0 radical (unpaired) electrons. The van der Waals surface area contributed by atoms with Crippen LogP contribution in [0.25, 0.3) is 0 Å². The average molecular weight is 444 g/mol. The van der Waals surface area contributed by atoms with Crippen LogP contribution in [0, 0.1) is 11.7 Å². The maximum Gasteiger partial charge on any atom is 0.255 e. The molecule has 8 heteroatoms. The zero-order valence-electron chi connectivity index (χ0n) is 18.2. The number of ether oxygens (including phenoxy) is 1. The van der Waals surface area contributed by atoms with E-state index in [0.717, 1.165) is 38.9 Å². The Morgan fingerprint density at radius 3 is 2.75 bits per heavy atom. The Morgan fingerprint density at radius 2 is 1.97 bits per heavy atom. The number of imide groups is 1. The second kappa shape index (κ2) is 8.90. The molecule has 0 bridgehead atoms. The molecule has 4 atom stereocenters. The molecule has 3 heterocycles. The van der Waals surface area contributed by atoms with E-state index in [1.807, 2.05) is 0 Å². The van der Waals surface area contributed by atoms with E-state index in [1.165, 1.54) is 11.3 Å². The summed E-state index contributed by atoms with van der Waals surface area (Å²) in [5.74, 6) is -1.11. The second-order valence-electron chi connectivity index (χ2n) is 9.55. The van der Waals surface area contributed by atoms with Gasteiger partial charge in [-0.05, 0) is 49.7 Å². The van der Waals surface area contributed by atoms with Crippen molar-refractivity contribution in [2.24, 2.45) is 5.92 Å². The molecule has 2 N–H and O–H groups in total. The number of hydrogen-bond donors (Lipinski definition) is 2. The van der Waals surface area contributed by atoms with Gasteiger partial charge >= 0.3 is 0 Å². The lowest BCUT2D eigenvalue weighted by molar-refractivity contribution is -0.136. The van der Waals surface area contributed by atoms with Crippen molar-refractivity contribution >= 4 is 17.7 Å². The third-order valence-corrected chi connectivity index (χ3v) is 7.50. The van der Waals surface area contributed by atoms with Crippen molar-refractivity contribution in [3.63, 3.8) is 0 Å². The number of nitrogens with one attached hydrogen (secondary N) is 2. The molecule has 1 aromatic rings. The van der Waals surface area contributed by atoms with Crippen LogP contribution in [0.5, 0.6) is 0 Å². The minimum atomic E-state index is -0.726. The highest BCUT2D eigenvalue weighted by atomic mass is 19.1. The first kappa shape index (κ1) is 21.5. The van der Waals surface area contributed by atoms with Crippen LogP contribution < -0.4 is 10.6 Å². The van der Waals surface area contributed by atoms with Gasteiger partial charge in [0.1, 0.15) is 11.9 Å². The van der Waals surface area contributed by atoms with Crippen LogP contribution in [0.4, 0.5) is 4.39 Å². The molecular formula is C24H30FN3O4. The van der Waals surface area contributed by atoms with E-state index in [0.29, 0.717) is 41.1 Å². The fraction of sp³-hybridized carbons (Fsp3) is 0.625. The van der Waals surface area contributed by atoms with E-state index in [9.17, 15) is 14.4 Å². The Bertz CT molecular complexity index is 930. The summed E-state index contributed by atoms with van der Waals surface area (Å²) in [5.41, 5.74) is 1.35. The molecule has 32 heavy (non-hydrogen) atoms. The molecule has 3 fully saturated rings. The Kier molecular flexibility index (Phi) is 5.99. The normalized spacial score (nSPS) is 30.5. The van der Waals surface area contributed by atoms with Gasteiger partial charge in [-0.3, -0.25) is 19.7 Å². The zero-order chi connectivity index (χ0) is 22.2. The maximum atomic E-state index is 15.6. The van der Waals surface area contributed by atoms with E-state index in [-0.39, 0.29) is 37.0 Å². The molecule has 1 aliphatic carbocycles. The highest BCUT2D eigenvalue weighted by molar-refractivity contribution is 6.05. The molecular weight excluding hydrogens is 413 g/mol. The SMILES string of the molecule is O=C1CCC(N2Cc3c(ccc(C[C@H]4CCCC[C@@H]4NC4CCOC4)c3F)C2=O)C(=O)N1. The summed E-state index contributed by atoms with van der Waals surface area (Å²) in [5, 5.41) is 6.03. The molecule has 2 saturated heterocycles. The third-order valence-electron chi connectivity index (χ3n) is 7.50. The van der Waals surface area contributed by atoms with Crippen molar-refractivity contribution in [3.05, 3.63) is 34.6 Å². The molecule has 1 aromatic carbocycles. The highest BCUT2D eigenvalue weighted by Gasteiger charge is 2.40. The average Bonchev–Trinajstić information content (AvgIpc) is 3.40. The Labute approximate surface area is 187 Å².